The summed E-state index contributed by atoms with van der Waals surface area (Å²) in [5.74, 6) is -0.0731. The quantitative estimate of drug-likeness (QED) is 0.305. The van der Waals surface area contributed by atoms with E-state index in [0.717, 1.165) is 34.8 Å². The summed E-state index contributed by atoms with van der Waals surface area (Å²) >= 11 is 6.02. The number of ether oxygens (including phenoxy) is 2. The number of benzene rings is 1. The normalized spacial score (nSPS) is 18.9. The highest BCUT2D eigenvalue weighted by Gasteiger charge is 2.33. The number of esters is 1. The highest BCUT2D eigenvalue weighted by Crippen LogP contribution is 2.41. The van der Waals surface area contributed by atoms with E-state index >= 15 is 0 Å². The monoisotopic (exact) mass is 490 g/mol. The van der Waals surface area contributed by atoms with Crippen molar-refractivity contribution in [2.75, 3.05) is 19.7 Å². The average Bonchev–Trinajstić information content (AvgIpc) is 3.28. The van der Waals surface area contributed by atoms with Gasteiger partial charge in [0.15, 0.2) is 5.75 Å². The fourth-order valence-electron chi connectivity index (χ4n) is 4.19. The molecule has 1 fully saturated rings. The number of carbonyl (C=O) groups excluding carboxylic acids is 1. The van der Waals surface area contributed by atoms with Gasteiger partial charge in [-0.2, -0.15) is 0 Å². The lowest BCUT2D eigenvalue weighted by molar-refractivity contribution is -0.348. The Kier molecular flexibility index (Phi) is 8.49. The van der Waals surface area contributed by atoms with E-state index in [2.05, 4.69) is 17.5 Å². The van der Waals surface area contributed by atoms with Crippen LogP contribution in [0, 0.1) is 12.8 Å². The van der Waals surface area contributed by atoms with Gasteiger partial charge in [-0.05, 0) is 49.2 Å². The fourth-order valence-corrected chi connectivity index (χ4v) is 4.31. The lowest BCUT2D eigenvalue weighted by Gasteiger charge is -2.34. The number of piperidine rings is 1. The lowest BCUT2D eigenvalue weighted by Crippen LogP contribution is -2.52. The zero-order chi connectivity index (χ0) is 24.1. The van der Waals surface area contributed by atoms with Gasteiger partial charge in [0, 0.05) is 35.4 Å². The van der Waals surface area contributed by atoms with Crippen molar-refractivity contribution in [1.29, 1.82) is 0 Å². The van der Waals surface area contributed by atoms with Crippen LogP contribution < -0.4 is 10.3 Å². The molecule has 0 unspecified atom stereocenters. The van der Waals surface area contributed by atoms with Gasteiger partial charge in [0.25, 0.3) is 0 Å². The number of pyridine rings is 1. The first-order valence-electron chi connectivity index (χ1n) is 11.7. The Morgan fingerprint density at radius 3 is 2.76 bits per heavy atom. The Labute approximate surface area is 204 Å². The highest BCUT2D eigenvalue weighted by molar-refractivity contribution is 6.30. The van der Waals surface area contributed by atoms with Crippen molar-refractivity contribution < 1.29 is 24.3 Å². The molecular formula is C24H31ClN4O5. The molecule has 4 rings (SSSR count). The summed E-state index contributed by atoms with van der Waals surface area (Å²) < 4.78 is 11.9. The average molecular weight is 491 g/mol. The number of hydrogen-bond acceptors (Lipinski definition) is 9. The molecule has 1 saturated heterocycles. The second kappa shape index (κ2) is 11.5. The number of aromatic nitrogens is 1. The molecule has 0 radical (unpaired) electrons. The van der Waals surface area contributed by atoms with Crippen molar-refractivity contribution in [2.45, 2.75) is 52.2 Å². The summed E-state index contributed by atoms with van der Waals surface area (Å²) in [6.07, 6.45) is 4.53. The molecule has 1 atom stereocenters. The Bertz CT molecular complexity index is 982. The molecule has 3 heterocycles. The van der Waals surface area contributed by atoms with Crippen molar-refractivity contribution in [3.63, 3.8) is 0 Å². The number of rotatable bonds is 9. The van der Waals surface area contributed by atoms with Crippen molar-refractivity contribution in [1.82, 2.24) is 20.9 Å². The summed E-state index contributed by atoms with van der Waals surface area (Å²) in [5.41, 5.74) is 5.87. The minimum absolute atomic E-state index is 0.268. The minimum atomic E-state index is -0.287. The van der Waals surface area contributed by atoms with Crippen LogP contribution in [-0.4, -0.2) is 46.1 Å². The number of aryl methyl sites for hydroxylation is 1. The summed E-state index contributed by atoms with van der Waals surface area (Å²) in [5, 5.41) is 13.3. The number of nitrogens with zero attached hydrogens (tertiary/aromatic N) is 3. The van der Waals surface area contributed by atoms with Gasteiger partial charge in [0.05, 0.1) is 24.8 Å². The third-order valence-electron chi connectivity index (χ3n) is 6.22. The molecule has 1 aromatic heterocycles. The van der Waals surface area contributed by atoms with E-state index in [-0.39, 0.29) is 18.0 Å². The van der Waals surface area contributed by atoms with Crippen molar-refractivity contribution in [3.05, 3.63) is 57.9 Å². The smallest absolute Gasteiger partial charge is 0.314 e. The molecule has 2 N–H and O–H groups in total. The maximum absolute atomic E-state index is 13.0. The third kappa shape index (κ3) is 5.75. The number of carbonyl (C=O) groups is 1. The van der Waals surface area contributed by atoms with Crippen molar-refractivity contribution in [2.24, 2.45) is 5.92 Å². The van der Waals surface area contributed by atoms with Crippen LogP contribution in [0.25, 0.3) is 0 Å². The molecule has 0 spiro atoms. The van der Waals surface area contributed by atoms with Gasteiger partial charge in [0.1, 0.15) is 6.10 Å². The molecule has 0 aliphatic carbocycles. The summed E-state index contributed by atoms with van der Waals surface area (Å²) in [4.78, 5) is 22.7. The lowest BCUT2D eigenvalue weighted by atomic mass is 9.97. The number of fused-ring (bicyclic) bond motifs is 1. The molecule has 9 nitrogen and oxygen atoms in total. The zero-order valence-electron chi connectivity index (χ0n) is 19.5. The van der Waals surface area contributed by atoms with E-state index in [4.69, 9.17) is 25.9 Å². The van der Waals surface area contributed by atoms with E-state index < -0.39 is 0 Å². The number of hydrogen-bond donors (Lipinski definition) is 2. The molecule has 2 aliphatic rings. The van der Waals surface area contributed by atoms with Crippen LogP contribution in [0.3, 0.4) is 0 Å². The van der Waals surface area contributed by atoms with Gasteiger partial charge in [-0.25, -0.2) is 5.01 Å². The van der Waals surface area contributed by atoms with E-state index in [1.54, 1.807) is 11.2 Å². The molecule has 10 heteroatoms. The van der Waals surface area contributed by atoms with E-state index in [9.17, 15) is 10.0 Å². The number of unbranched alkanes of at least 4 members (excludes halogenated alkanes) is 1. The van der Waals surface area contributed by atoms with E-state index in [1.807, 2.05) is 31.2 Å². The summed E-state index contributed by atoms with van der Waals surface area (Å²) in [6, 6.07) is 7.51. The molecule has 2 aromatic rings. The zero-order valence-corrected chi connectivity index (χ0v) is 20.3. The number of nitrogens with one attached hydrogen (secondary N) is 1. The molecule has 34 heavy (non-hydrogen) atoms. The molecule has 0 saturated carbocycles. The fraction of sp³-hybridized carbons (Fsp3) is 0.500. The highest BCUT2D eigenvalue weighted by atomic mass is 35.5. The topological polar surface area (TPSA) is 96.4 Å². The molecule has 2 aliphatic heterocycles. The summed E-state index contributed by atoms with van der Waals surface area (Å²) in [7, 11) is 0. The van der Waals surface area contributed by atoms with Gasteiger partial charge in [0.2, 0.25) is 0 Å². The second-order valence-corrected chi connectivity index (χ2v) is 9.02. The van der Waals surface area contributed by atoms with Gasteiger partial charge in [-0.15, -0.1) is 0 Å². The maximum atomic E-state index is 13.0. The van der Waals surface area contributed by atoms with Crippen LogP contribution in [-0.2, 0) is 21.0 Å². The van der Waals surface area contributed by atoms with Crippen LogP contribution in [0.5, 0.6) is 5.75 Å². The van der Waals surface area contributed by atoms with Gasteiger partial charge in [-0.1, -0.05) is 42.7 Å². The Morgan fingerprint density at radius 2 is 2.06 bits per heavy atom. The number of hydrazine groups is 2. The third-order valence-corrected chi connectivity index (χ3v) is 6.47. The van der Waals surface area contributed by atoms with Crippen LogP contribution in [0.4, 0.5) is 0 Å². The predicted molar refractivity (Wildman–Crippen MR) is 125 cm³/mol. The predicted octanol–water partition coefficient (Wildman–Crippen LogP) is 4.12. The van der Waals surface area contributed by atoms with Gasteiger partial charge < -0.3 is 9.47 Å². The molecular weight excluding hydrogens is 460 g/mol. The maximum Gasteiger partial charge on any atom is 0.314 e. The van der Waals surface area contributed by atoms with E-state index in [0.29, 0.717) is 55.6 Å². The second-order valence-electron chi connectivity index (χ2n) is 8.58. The van der Waals surface area contributed by atoms with Gasteiger partial charge in [-0.3, -0.25) is 19.8 Å². The number of halogens is 1. The Hall–Kier alpha value is -2.11. The van der Waals surface area contributed by atoms with Crippen LogP contribution in [0.15, 0.2) is 30.5 Å². The van der Waals surface area contributed by atoms with Crippen LogP contribution in [0.1, 0.15) is 61.1 Å². The first-order valence-corrected chi connectivity index (χ1v) is 12.0. The summed E-state index contributed by atoms with van der Waals surface area (Å²) in [6.45, 7) is 5.73. The van der Waals surface area contributed by atoms with Crippen LogP contribution in [0.2, 0.25) is 5.02 Å². The van der Waals surface area contributed by atoms with E-state index in [1.165, 1.54) is 0 Å². The first kappa shape index (κ1) is 25.0. The Balaban J connectivity index is 1.37. The standard InChI is InChI=1S/C24H31ClN4O5/c1-3-4-13-33-27-29(31)28-11-9-18(10-12-28)24(30)34-22-16(2)26-14-20-21(22)15-32-23(20)17-5-7-19(25)8-6-17/h5-8,14,18,23,27,31H,3-4,9-13,15H2,1-2H3/t23-/m0/s1. The molecule has 0 bridgehead atoms. The SMILES string of the molecule is CCCCONN(O)N1CCC(C(=O)Oc2c(C)ncc3c2CO[C@H]3c2ccc(Cl)cc2)CC1. The Morgan fingerprint density at radius 1 is 1.32 bits per heavy atom. The largest absolute Gasteiger partial charge is 0.424 e. The van der Waals surface area contributed by atoms with Crippen molar-refractivity contribution in [3.8, 4) is 5.75 Å². The van der Waals surface area contributed by atoms with Gasteiger partial charge >= 0.3 is 5.97 Å². The molecule has 0 amide bonds. The first-order chi connectivity index (χ1) is 16.5. The molecule has 184 valence electrons. The van der Waals surface area contributed by atoms with Crippen molar-refractivity contribution >= 4 is 17.6 Å². The minimum Gasteiger partial charge on any atom is -0.424 e. The molecule has 1 aromatic carbocycles. The van der Waals surface area contributed by atoms with Crippen LogP contribution >= 0.6 is 11.6 Å².